The summed E-state index contributed by atoms with van der Waals surface area (Å²) < 4.78 is 48.9. The minimum Gasteiger partial charge on any atom is -0.474 e. The van der Waals surface area contributed by atoms with Crippen LogP contribution < -0.4 is 4.74 Å². The summed E-state index contributed by atoms with van der Waals surface area (Å²) in [5.74, 6) is 0.217. The average molecular weight is 577 g/mol. The standard InChI is InChI=1S/C30H27F3N6O3/c1-2-25(40)37-13-14-42-28-26-23(39(36-28)19-7-5-18(6-8-19)17-3-4-17)11-12-38(24(26)16-37)29(41)20-9-10-22(30(31,32)33)27-21(20)15-34-35-27/h2,5-10,15,17,24H,1,3-4,11-14,16H2,(H,34,35). The first-order valence-corrected chi connectivity index (χ1v) is 13.8. The average Bonchev–Trinajstić information content (AvgIpc) is 3.59. The number of carbonyl (C=O) groups excluding carboxylic acids is 2. The zero-order valence-corrected chi connectivity index (χ0v) is 22.5. The minimum absolute atomic E-state index is 0.0772. The van der Waals surface area contributed by atoms with Crippen LogP contribution in [0.5, 0.6) is 5.88 Å². The van der Waals surface area contributed by atoms with Crippen molar-refractivity contribution >= 4 is 22.7 Å². The zero-order chi connectivity index (χ0) is 29.2. The summed E-state index contributed by atoms with van der Waals surface area (Å²) in [6, 6.07) is 9.72. The summed E-state index contributed by atoms with van der Waals surface area (Å²) in [6.07, 6.45) is 0.664. The highest BCUT2D eigenvalue weighted by Crippen LogP contribution is 2.43. The molecule has 216 valence electrons. The van der Waals surface area contributed by atoms with E-state index in [4.69, 9.17) is 9.84 Å². The molecule has 1 saturated carbocycles. The third-order valence-corrected chi connectivity index (χ3v) is 8.36. The van der Waals surface area contributed by atoms with Crippen LogP contribution in [-0.2, 0) is 17.4 Å². The van der Waals surface area contributed by atoms with Gasteiger partial charge in [-0.25, -0.2) is 4.68 Å². The monoisotopic (exact) mass is 576 g/mol. The van der Waals surface area contributed by atoms with Gasteiger partial charge in [-0.2, -0.15) is 18.3 Å². The maximum Gasteiger partial charge on any atom is 0.418 e. The van der Waals surface area contributed by atoms with E-state index < -0.39 is 23.7 Å². The van der Waals surface area contributed by atoms with Gasteiger partial charge in [0.25, 0.3) is 5.91 Å². The van der Waals surface area contributed by atoms with Crippen LogP contribution in [0.3, 0.4) is 0 Å². The Hall–Kier alpha value is -4.61. The second kappa shape index (κ2) is 9.74. The number of H-pyrrole nitrogens is 1. The summed E-state index contributed by atoms with van der Waals surface area (Å²) in [7, 11) is 0. The SMILES string of the molecule is C=CC(=O)N1CCOc2nn(-c3ccc(C4CC4)cc3)c3c2C(C1)N(C(=O)c1ccc(C(F)(F)F)c2[nH]ncc12)CC3. The first-order valence-electron chi connectivity index (χ1n) is 13.8. The number of rotatable bonds is 4. The topological polar surface area (TPSA) is 96.4 Å². The van der Waals surface area contributed by atoms with E-state index in [1.807, 2.05) is 16.8 Å². The summed E-state index contributed by atoms with van der Waals surface area (Å²) >= 11 is 0. The number of aromatic nitrogens is 4. The van der Waals surface area contributed by atoms with E-state index in [9.17, 15) is 22.8 Å². The Morgan fingerprint density at radius 2 is 1.88 bits per heavy atom. The number of hydrogen-bond donors (Lipinski definition) is 1. The molecule has 2 amide bonds. The van der Waals surface area contributed by atoms with Crippen LogP contribution in [0.1, 0.15) is 57.5 Å². The molecule has 1 unspecified atom stereocenters. The molecule has 7 rings (SSSR count). The summed E-state index contributed by atoms with van der Waals surface area (Å²) in [5, 5.41) is 11.1. The quantitative estimate of drug-likeness (QED) is 0.353. The van der Waals surface area contributed by atoms with Crippen LogP contribution in [0.15, 0.2) is 55.3 Å². The molecule has 1 atom stereocenters. The van der Waals surface area contributed by atoms with Gasteiger partial charge in [-0.05, 0) is 54.7 Å². The lowest BCUT2D eigenvalue weighted by molar-refractivity contribution is -0.136. The maximum atomic E-state index is 14.1. The number of aromatic amines is 1. The van der Waals surface area contributed by atoms with Gasteiger partial charge in [0.15, 0.2) is 0 Å². The molecule has 3 aliphatic rings. The predicted octanol–water partition coefficient (Wildman–Crippen LogP) is 4.79. The van der Waals surface area contributed by atoms with Gasteiger partial charge in [0, 0.05) is 24.9 Å². The maximum absolute atomic E-state index is 14.1. The second-order valence-electron chi connectivity index (χ2n) is 10.9. The molecule has 12 heteroatoms. The third kappa shape index (κ3) is 4.32. The van der Waals surface area contributed by atoms with E-state index in [1.54, 1.807) is 9.80 Å². The zero-order valence-electron chi connectivity index (χ0n) is 22.5. The summed E-state index contributed by atoms with van der Waals surface area (Å²) in [5.41, 5.74) is 2.66. The largest absolute Gasteiger partial charge is 0.474 e. The van der Waals surface area contributed by atoms with Crippen molar-refractivity contribution in [1.29, 1.82) is 0 Å². The molecule has 0 spiro atoms. The van der Waals surface area contributed by atoms with Gasteiger partial charge in [0.2, 0.25) is 11.8 Å². The number of nitrogens with one attached hydrogen (secondary N) is 1. The predicted molar refractivity (Wildman–Crippen MR) is 146 cm³/mol. The number of hydrogen-bond acceptors (Lipinski definition) is 5. The first kappa shape index (κ1) is 26.3. The van der Waals surface area contributed by atoms with Gasteiger partial charge < -0.3 is 14.5 Å². The molecule has 0 bridgehead atoms. The number of ether oxygens (including phenoxy) is 1. The van der Waals surface area contributed by atoms with Crippen molar-refractivity contribution in [2.24, 2.45) is 0 Å². The lowest BCUT2D eigenvalue weighted by Crippen LogP contribution is -2.48. The Balaban J connectivity index is 1.32. The molecule has 2 aromatic heterocycles. The molecule has 4 heterocycles. The van der Waals surface area contributed by atoms with E-state index in [0.29, 0.717) is 23.8 Å². The van der Waals surface area contributed by atoms with Crippen molar-refractivity contribution in [3.05, 3.63) is 83.2 Å². The van der Waals surface area contributed by atoms with E-state index in [0.717, 1.165) is 17.4 Å². The number of nitrogens with zero attached hydrogens (tertiary/aromatic N) is 5. The molecular formula is C30H27F3N6O3. The fourth-order valence-corrected chi connectivity index (χ4v) is 6.11. The van der Waals surface area contributed by atoms with E-state index in [1.165, 1.54) is 36.7 Å². The van der Waals surface area contributed by atoms with Crippen LogP contribution in [0, 0.1) is 0 Å². The van der Waals surface area contributed by atoms with Crippen molar-refractivity contribution in [3.63, 3.8) is 0 Å². The summed E-state index contributed by atoms with van der Waals surface area (Å²) in [4.78, 5) is 30.0. The smallest absolute Gasteiger partial charge is 0.418 e. The number of amides is 2. The van der Waals surface area contributed by atoms with Crippen molar-refractivity contribution in [2.75, 3.05) is 26.2 Å². The Morgan fingerprint density at radius 1 is 1.10 bits per heavy atom. The van der Waals surface area contributed by atoms with Gasteiger partial charge in [-0.1, -0.05) is 18.7 Å². The van der Waals surface area contributed by atoms with Gasteiger partial charge >= 0.3 is 6.18 Å². The fourth-order valence-electron chi connectivity index (χ4n) is 6.11. The van der Waals surface area contributed by atoms with Gasteiger partial charge in [-0.3, -0.25) is 14.7 Å². The van der Waals surface area contributed by atoms with Crippen LogP contribution in [0.2, 0.25) is 0 Å². The molecule has 1 aliphatic carbocycles. The van der Waals surface area contributed by atoms with E-state index in [-0.39, 0.29) is 48.6 Å². The van der Waals surface area contributed by atoms with Gasteiger partial charge in [0.05, 0.1) is 52.4 Å². The molecule has 1 fully saturated rings. The number of fused-ring (bicyclic) bond motifs is 1. The van der Waals surface area contributed by atoms with E-state index in [2.05, 4.69) is 28.9 Å². The van der Waals surface area contributed by atoms with Crippen LogP contribution in [0.4, 0.5) is 13.2 Å². The Bertz CT molecular complexity index is 1720. The number of carbonyl (C=O) groups is 2. The number of benzene rings is 2. The van der Waals surface area contributed by atoms with Gasteiger partial charge in [0.1, 0.15) is 6.61 Å². The first-order chi connectivity index (χ1) is 20.2. The van der Waals surface area contributed by atoms with Crippen molar-refractivity contribution in [3.8, 4) is 11.6 Å². The number of alkyl halides is 3. The Labute approximate surface area is 238 Å². The molecule has 2 aliphatic heterocycles. The molecule has 0 radical (unpaired) electrons. The van der Waals surface area contributed by atoms with Crippen LogP contribution in [0.25, 0.3) is 16.6 Å². The van der Waals surface area contributed by atoms with Crippen LogP contribution in [-0.4, -0.2) is 67.8 Å². The molecule has 42 heavy (non-hydrogen) atoms. The third-order valence-electron chi connectivity index (χ3n) is 8.36. The lowest BCUT2D eigenvalue weighted by atomic mass is 9.95. The Kier molecular flexibility index (Phi) is 6.10. The molecule has 4 aromatic rings. The van der Waals surface area contributed by atoms with Crippen molar-refractivity contribution in [1.82, 2.24) is 29.8 Å². The highest BCUT2D eigenvalue weighted by atomic mass is 19.4. The van der Waals surface area contributed by atoms with Crippen molar-refractivity contribution in [2.45, 2.75) is 37.4 Å². The Morgan fingerprint density at radius 3 is 2.60 bits per heavy atom. The molecular weight excluding hydrogens is 549 g/mol. The summed E-state index contributed by atoms with van der Waals surface area (Å²) in [6.45, 7) is 4.49. The highest BCUT2D eigenvalue weighted by molar-refractivity contribution is 6.07. The molecule has 2 aromatic carbocycles. The number of halogens is 3. The van der Waals surface area contributed by atoms with Crippen molar-refractivity contribution < 1.29 is 27.5 Å². The fraction of sp³-hybridized carbons (Fsp3) is 0.333. The van der Waals surface area contributed by atoms with Crippen LogP contribution >= 0.6 is 0 Å². The molecule has 0 saturated heterocycles. The molecule has 9 nitrogen and oxygen atoms in total. The normalized spacial score (nSPS) is 18.7. The highest BCUT2D eigenvalue weighted by Gasteiger charge is 2.41. The lowest BCUT2D eigenvalue weighted by Gasteiger charge is -2.40. The second-order valence-corrected chi connectivity index (χ2v) is 10.9. The van der Waals surface area contributed by atoms with Gasteiger partial charge in [-0.15, -0.1) is 5.10 Å². The molecule has 1 N–H and O–H groups in total. The minimum atomic E-state index is -4.62. The van der Waals surface area contributed by atoms with E-state index >= 15 is 0 Å².